The molecule has 0 atom stereocenters. The van der Waals surface area contributed by atoms with Crippen LogP contribution in [0.25, 0.3) is 17.0 Å². The minimum Gasteiger partial charge on any atom is -0.378 e. The molecule has 0 bridgehead atoms. The van der Waals surface area contributed by atoms with Gasteiger partial charge in [-0.25, -0.2) is 13.8 Å². The largest absolute Gasteiger partial charge is 0.378 e. The number of hydrogen-bond donors (Lipinski definition) is 0. The smallest absolute Gasteiger partial charge is 0.296 e. The van der Waals surface area contributed by atoms with Crippen molar-refractivity contribution in [3.8, 4) is 5.95 Å². The first-order valence-corrected chi connectivity index (χ1v) is 10.7. The van der Waals surface area contributed by atoms with E-state index in [2.05, 4.69) is 19.9 Å². The molecular formula is C23H23F2N7O. The van der Waals surface area contributed by atoms with E-state index in [1.807, 2.05) is 47.2 Å². The summed E-state index contributed by atoms with van der Waals surface area (Å²) in [5.41, 5.74) is 2.06. The van der Waals surface area contributed by atoms with Gasteiger partial charge in [0, 0.05) is 26.7 Å². The lowest BCUT2D eigenvalue weighted by atomic mass is 10.2. The van der Waals surface area contributed by atoms with E-state index in [0.717, 1.165) is 5.56 Å². The van der Waals surface area contributed by atoms with Crippen molar-refractivity contribution in [3.63, 3.8) is 0 Å². The molecule has 1 fully saturated rings. The van der Waals surface area contributed by atoms with E-state index in [9.17, 15) is 8.78 Å². The van der Waals surface area contributed by atoms with Crippen molar-refractivity contribution in [2.24, 2.45) is 0 Å². The van der Waals surface area contributed by atoms with E-state index in [4.69, 9.17) is 4.74 Å². The van der Waals surface area contributed by atoms with Gasteiger partial charge in [-0.3, -0.25) is 4.57 Å². The zero-order valence-corrected chi connectivity index (χ0v) is 18.1. The molecular weight excluding hydrogens is 428 g/mol. The van der Waals surface area contributed by atoms with E-state index < -0.39 is 12.2 Å². The minimum atomic E-state index is -2.79. The average Bonchev–Trinajstić information content (AvgIpc) is 3.25. The van der Waals surface area contributed by atoms with Crippen molar-refractivity contribution in [2.75, 3.05) is 43.2 Å². The third-order valence-corrected chi connectivity index (χ3v) is 5.48. The Balaban J connectivity index is 1.63. The molecule has 4 aromatic rings. The van der Waals surface area contributed by atoms with Crippen LogP contribution in [0.1, 0.15) is 17.8 Å². The predicted molar refractivity (Wildman–Crippen MR) is 121 cm³/mol. The summed E-state index contributed by atoms with van der Waals surface area (Å²) < 4.78 is 34.7. The predicted octanol–water partition coefficient (Wildman–Crippen LogP) is 3.62. The molecule has 5 rings (SSSR count). The van der Waals surface area contributed by atoms with Crippen LogP contribution in [-0.2, 0) is 11.3 Å². The second-order valence-corrected chi connectivity index (χ2v) is 7.77. The maximum Gasteiger partial charge on any atom is 0.296 e. The van der Waals surface area contributed by atoms with Gasteiger partial charge in [0.25, 0.3) is 6.43 Å². The first kappa shape index (κ1) is 21.2. The van der Waals surface area contributed by atoms with Crippen LogP contribution >= 0.6 is 0 Å². The number of alkyl halides is 2. The molecule has 170 valence electrons. The van der Waals surface area contributed by atoms with Gasteiger partial charge in [0.1, 0.15) is 0 Å². The number of nitrogens with zero attached hydrogens (tertiary/aromatic N) is 7. The number of anilines is 2. The molecule has 1 aliphatic heterocycles. The number of morpholine rings is 1. The molecule has 3 heterocycles. The van der Waals surface area contributed by atoms with E-state index in [-0.39, 0.29) is 5.95 Å². The fraction of sp³-hybridized carbons (Fsp3) is 0.304. The average molecular weight is 451 g/mol. The van der Waals surface area contributed by atoms with E-state index in [1.54, 1.807) is 24.3 Å². The molecule has 0 radical (unpaired) electrons. The molecule has 0 amide bonds. The SMILES string of the molecule is CN(Cc1ccccc1)c1nc(N2CCOCC2)nc(-n2c(C(F)F)nc3ccccc32)n1. The minimum absolute atomic E-state index is 0.116. The zero-order valence-electron chi connectivity index (χ0n) is 18.1. The summed E-state index contributed by atoms with van der Waals surface area (Å²) in [5, 5.41) is 0. The van der Waals surface area contributed by atoms with Crippen LogP contribution in [0.15, 0.2) is 54.6 Å². The summed E-state index contributed by atoms with van der Waals surface area (Å²) in [6.45, 7) is 2.87. The molecule has 1 aliphatic rings. The standard InChI is InChI=1S/C23H23F2N7O/c1-30(15-16-7-3-2-4-8-16)21-27-22(31-11-13-33-14-12-31)29-23(28-21)32-18-10-6-5-9-17(18)26-20(32)19(24)25/h2-10,19H,11-15H2,1H3. The van der Waals surface area contributed by atoms with Gasteiger partial charge in [0.15, 0.2) is 5.82 Å². The molecule has 0 N–H and O–H groups in total. The monoisotopic (exact) mass is 451 g/mol. The van der Waals surface area contributed by atoms with Gasteiger partial charge < -0.3 is 14.5 Å². The molecule has 0 saturated carbocycles. The normalized spacial score (nSPS) is 14.2. The van der Waals surface area contributed by atoms with Gasteiger partial charge in [-0.1, -0.05) is 42.5 Å². The maximum atomic E-state index is 14.0. The lowest BCUT2D eigenvalue weighted by Crippen LogP contribution is -2.38. The lowest BCUT2D eigenvalue weighted by molar-refractivity contribution is 0.122. The molecule has 0 aliphatic carbocycles. The molecule has 1 saturated heterocycles. The Hall–Kier alpha value is -3.66. The van der Waals surface area contributed by atoms with Crippen molar-refractivity contribution in [1.82, 2.24) is 24.5 Å². The Morgan fingerprint density at radius 3 is 2.36 bits per heavy atom. The van der Waals surface area contributed by atoms with E-state index in [0.29, 0.717) is 55.8 Å². The number of fused-ring (bicyclic) bond motifs is 1. The summed E-state index contributed by atoms with van der Waals surface area (Å²) in [6, 6.07) is 16.9. The second-order valence-electron chi connectivity index (χ2n) is 7.77. The highest BCUT2D eigenvalue weighted by atomic mass is 19.3. The number of benzene rings is 2. The fourth-order valence-corrected chi connectivity index (χ4v) is 3.85. The van der Waals surface area contributed by atoms with Gasteiger partial charge in [0.2, 0.25) is 17.8 Å². The van der Waals surface area contributed by atoms with Crippen LogP contribution in [0, 0.1) is 0 Å². The summed E-state index contributed by atoms with van der Waals surface area (Å²) >= 11 is 0. The number of halogens is 2. The third-order valence-electron chi connectivity index (χ3n) is 5.48. The van der Waals surface area contributed by atoms with Crippen molar-refractivity contribution in [3.05, 3.63) is 66.0 Å². The third kappa shape index (κ3) is 4.34. The van der Waals surface area contributed by atoms with Crippen LogP contribution in [0.3, 0.4) is 0 Å². The molecule has 2 aromatic carbocycles. The van der Waals surface area contributed by atoms with E-state index in [1.165, 1.54) is 4.57 Å². The highest BCUT2D eigenvalue weighted by Gasteiger charge is 2.25. The van der Waals surface area contributed by atoms with Crippen molar-refractivity contribution in [1.29, 1.82) is 0 Å². The van der Waals surface area contributed by atoms with Crippen LogP contribution in [0.5, 0.6) is 0 Å². The zero-order chi connectivity index (χ0) is 22.8. The maximum absolute atomic E-state index is 14.0. The first-order chi connectivity index (χ1) is 16.1. The topological polar surface area (TPSA) is 72.2 Å². The van der Waals surface area contributed by atoms with Gasteiger partial charge in [0.05, 0.1) is 24.2 Å². The summed E-state index contributed by atoms with van der Waals surface area (Å²) in [7, 11) is 1.87. The highest BCUT2D eigenvalue weighted by molar-refractivity contribution is 5.77. The van der Waals surface area contributed by atoms with Crippen LogP contribution in [0.2, 0.25) is 0 Å². The number of rotatable bonds is 6. The van der Waals surface area contributed by atoms with Gasteiger partial charge in [-0.15, -0.1) is 0 Å². The Kier molecular flexibility index (Phi) is 5.82. The summed E-state index contributed by atoms with van der Waals surface area (Å²) in [4.78, 5) is 21.9. The second kappa shape index (κ2) is 9.07. The molecule has 33 heavy (non-hydrogen) atoms. The Morgan fingerprint density at radius 2 is 1.61 bits per heavy atom. The number of imidazole rings is 1. The summed E-state index contributed by atoms with van der Waals surface area (Å²) in [5.74, 6) is 0.539. The van der Waals surface area contributed by atoms with Crippen molar-refractivity contribution >= 4 is 22.9 Å². The summed E-state index contributed by atoms with van der Waals surface area (Å²) in [6.07, 6.45) is -2.79. The van der Waals surface area contributed by atoms with Crippen molar-refractivity contribution in [2.45, 2.75) is 13.0 Å². The molecule has 8 nitrogen and oxygen atoms in total. The van der Waals surface area contributed by atoms with E-state index >= 15 is 0 Å². The van der Waals surface area contributed by atoms with Crippen LogP contribution < -0.4 is 9.80 Å². The lowest BCUT2D eigenvalue weighted by Gasteiger charge is -2.28. The number of hydrogen-bond acceptors (Lipinski definition) is 7. The Labute approximate surface area is 189 Å². The van der Waals surface area contributed by atoms with Gasteiger partial charge >= 0.3 is 0 Å². The molecule has 2 aromatic heterocycles. The van der Waals surface area contributed by atoms with Crippen LogP contribution in [0.4, 0.5) is 20.7 Å². The van der Waals surface area contributed by atoms with Crippen LogP contribution in [-0.4, -0.2) is 57.9 Å². The number of ether oxygens (including phenoxy) is 1. The fourth-order valence-electron chi connectivity index (χ4n) is 3.85. The molecule has 0 unspecified atom stereocenters. The van der Waals surface area contributed by atoms with Crippen molar-refractivity contribution < 1.29 is 13.5 Å². The number of aromatic nitrogens is 5. The van der Waals surface area contributed by atoms with Gasteiger partial charge in [-0.2, -0.15) is 15.0 Å². The quantitative estimate of drug-likeness (QED) is 0.443. The van der Waals surface area contributed by atoms with Gasteiger partial charge in [-0.05, 0) is 17.7 Å². The molecule has 10 heteroatoms. The Morgan fingerprint density at radius 1 is 0.909 bits per heavy atom. The Bertz CT molecular complexity index is 1240. The number of para-hydroxylation sites is 2. The first-order valence-electron chi connectivity index (χ1n) is 10.7. The highest BCUT2D eigenvalue weighted by Crippen LogP contribution is 2.28. The molecule has 0 spiro atoms.